The zero-order valence-corrected chi connectivity index (χ0v) is 18.7. The summed E-state index contributed by atoms with van der Waals surface area (Å²) < 4.78 is 7.52. The van der Waals surface area contributed by atoms with Gasteiger partial charge in [-0.15, -0.1) is 0 Å². The first-order valence-corrected chi connectivity index (χ1v) is 11.0. The average Bonchev–Trinajstić information content (AvgIpc) is 3.28. The molecular formula is C25H27N7O. The highest BCUT2D eigenvalue weighted by molar-refractivity contribution is 5.73. The molecule has 1 aromatic carbocycles. The van der Waals surface area contributed by atoms with E-state index in [4.69, 9.17) is 15.5 Å². The molecule has 0 unspecified atom stereocenters. The number of piperazine rings is 1. The third-order valence-electron chi connectivity index (χ3n) is 6.08. The summed E-state index contributed by atoms with van der Waals surface area (Å²) in [5.41, 5.74) is 11.1. The Kier molecular flexibility index (Phi) is 5.77. The number of hydrogen-bond acceptors (Lipinski definition) is 7. The maximum atomic E-state index is 5.51. The van der Waals surface area contributed by atoms with Crippen molar-refractivity contribution < 1.29 is 4.74 Å². The number of nitrogens with zero attached hydrogens (tertiary/aromatic N) is 6. The normalized spacial score (nSPS) is 14.5. The van der Waals surface area contributed by atoms with Crippen molar-refractivity contribution in [3.63, 3.8) is 0 Å². The first-order chi connectivity index (χ1) is 16.2. The number of pyridine rings is 2. The highest BCUT2D eigenvalue weighted by atomic mass is 16.5. The summed E-state index contributed by atoms with van der Waals surface area (Å²) in [7, 11) is 2.16. The van der Waals surface area contributed by atoms with Crippen LogP contribution >= 0.6 is 0 Å². The number of aliphatic imine (C=N–C) groups is 1. The number of anilines is 1. The second-order valence-corrected chi connectivity index (χ2v) is 8.14. The van der Waals surface area contributed by atoms with Crippen LogP contribution in [-0.2, 0) is 0 Å². The quantitative estimate of drug-likeness (QED) is 0.365. The van der Waals surface area contributed by atoms with Gasteiger partial charge >= 0.3 is 0 Å². The van der Waals surface area contributed by atoms with Crippen LogP contribution < -0.4 is 15.4 Å². The van der Waals surface area contributed by atoms with Gasteiger partial charge in [0.1, 0.15) is 29.6 Å². The summed E-state index contributed by atoms with van der Waals surface area (Å²) in [6.45, 7) is 7.85. The molecule has 0 radical (unpaired) electrons. The monoisotopic (exact) mass is 441 g/mol. The number of likely N-dealkylation sites (N-methyl/N-ethyl adjacent to an activating group) is 1. The Morgan fingerprint density at radius 2 is 1.76 bits per heavy atom. The molecule has 1 aliphatic heterocycles. The van der Waals surface area contributed by atoms with E-state index in [9.17, 15) is 0 Å². The number of hydrogen-bond donors (Lipinski definition) is 1. The van der Waals surface area contributed by atoms with Crippen molar-refractivity contribution in [1.82, 2.24) is 19.3 Å². The predicted octanol–water partition coefficient (Wildman–Crippen LogP) is 3.44. The van der Waals surface area contributed by atoms with Crippen molar-refractivity contribution in [2.75, 3.05) is 44.9 Å². The number of rotatable bonds is 6. The minimum atomic E-state index is 0.0911. The van der Waals surface area contributed by atoms with Gasteiger partial charge in [0.15, 0.2) is 0 Å². The van der Waals surface area contributed by atoms with Crippen molar-refractivity contribution in [3.8, 4) is 28.1 Å². The second kappa shape index (κ2) is 9.01. The van der Waals surface area contributed by atoms with Crippen LogP contribution in [0.4, 0.5) is 11.5 Å². The third kappa shape index (κ3) is 4.18. The summed E-state index contributed by atoms with van der Waals surface area (Å²) in [6.07, 6.45) is 5.90. The zero-order valence-electron chi connectivity index (χ0n) is 18.7. The van der Waals surface area contributed by atoms with Crippen molar-refractivity contribution >= 4 is 23.9 Å². The van der Waals surface area contributed by atoms with Crippen molar-refractivity contribution in [1.29, 1.82) is 0 Å². The molecule has 4 aromatic rings. The number of ether oxygens (including phenoxy) is 1. The van der Waals surface area contributed by atoms with Gasteiger partial charge in [-0.2, -0.15) is 0 Å². The highest BCUT2D eigenvalue weighted by Gasteiger charge is 2.16. The Bertz CT molecular complexity index is 1270. The summed E-state index contributed by atoms with van der Waals surface area (Å²) in [5.74, 6) is 1.64. The number of nitrogens with two attached hydrogens (primary N) is 1. The fourth-order valence-corrected chi connectivity index (χ4v) is 4.16. The molecule has 0 saturated carbocycles. The van der Waals surface area contributed by atoms with Gasteiger partial charge in [-0.05, 0) is 61.3 Å². The topological polar surface area (TPSA) is 84.3 Å². The largest absolute Gasteiger partial charge is 0.476 e. The van der Waals surface area contributed by atoms with Gasteiger partial charge < -0.3 is 14.5 Å². The number of benzene rings is 1. The fraction of sp³-hybridized carbons (Fsp3) is 0.240. The van der Waals surface area contributed by atoms with E-state index in [0.29, 0.717) is 11.4 Å². The molecule has 1 saturated heterocycles. The molecule has 0 aliphatic carbocycles. The summed E-state index contributed by atoms with van der Waals surface area (Å²) >= 11 is 0. The molecule has 1 fully saturated rings. The molecule has 0 bridgehead atoms. The Balaban J connectivity index is 1.46. The molecule has 1 aliphatic rings. The smallest absolute Gasteiger partial charge is 0.146 e. The summed E-state index contributed by atoms with van der Waals surface area (Å²) in [5, 5.41) is 0. The van der Waals surface area contributed by atoms with E-state index in [1.807, 2.05) is 42.7 Å². The van der Waals surface area contributed by atoms with E-state index in [0.717, 1.165) is 60.0 Å². The van der Waals surface area contributed by atoms with Crippen LogP contribution in [0.15, 0.2) is 66.0 Å². The van der Waals surface area contributed by atoms with Gasteiger partial charge in [0, 0.05) is 44.1 Å². The molecule has 5 rings (SSSR count). The predicted molar refractivity (Wildman–Crippen MR) is 132 cm³/mol. The van der Waals surface area contributed by atoms with Crippen LogP contribution in [0.25, 0.3) is 28.0 Å². The first kappa shape index (κ1) is 21.1. The SMILES string of the molecule is C=Nc1cc(-c2ccc3ncc(-c4ccc(N5CCN(C)CC5)nc4)n3c2)ccc1OCN. The Morgan fingerprint density at radius 3 is 2.48 bits per heavy atom. The lowest BCUT2D eigenvalue weighted by Gasteiger charge is -2.33. The number of aromatic nitrogens is 3. The maximum absolute atomic E-state index is 5.51. The minimum Gasteiger partial charge on any atom is -0.476 e. The van der Waals surface area contributed by atoms with E-state index in [1.165, 1.54) is 0 Å². The fourth-order valence-electron chi connectivity index (χ4n) is 4.16. The third-order valence-corrected chi connectivity index (χ3v) is 6.08. The lowest BCUT2D eigenvalue weighted by molar-refractivity contribution is 0.312. The Labute approximate surface area is 193 Å². The van der Waals surface area contributed by atoms with Gasteiger partial charge in [-0.25, -0.2) is 9.97 Å². The van der Waals surface area contributed by atoms with Crippen molar-refractivity contribution in [2.45, 2.75) is 0 Å². The molecule has 0 spiro atoms. The minimum absolute atomic E-state index is 0.0911. The van der Waals surface area contributed by atoms with Crippen molar-refractivity contribution in [2.24, 2.45) is 10.7 Å². The van der Waals surface area contributed by atoms with Crippen LogP contribution in [0.2, 0.25) is 0 Å². The van der Waals surface area contributed by atoms with Crippen LogP contribution in [0.3, 0.4) is 0 Å². The van der Waals surface area contributed by atoms with E-state index in [2.05, 4.69) is 56.3 Å². The number of imidazole rings is 1. The lowest BCUT2D eigenvalue weighted by atomic mass is 10.1. The average molecular weight is 442 g/mol. The maximum Gasteiger partial charge on any atom is 0.146 e. The van der Waals surface area contributed by atoms with Gasteiger partial charge in [0.2, 0.25) is 0 Å². The molecule has 8 nitrogen and oxygen atoms in total. The highest BCUT2D eigenvalue weighted by Crippen LogP contribution is 2.33. The van der Waals surface area contributed by atoms with Crippen LogP contribution in [-0.4, -0.2) is 65.9 Å². The van der Waals surface area contributed by atoms with Gasteiger partial charge in [-0.1, -0.05) is 6.07 Å². The zero-order chi connectivity index (χ0) is 22.8. The number of fused-ring (bicyclic) bond motifs is 1. The van der Waals surface area contributed by atoms with Gasteiger partial charge in [0.05, 0.1) is 11.9 Å². The molecule has 33 heavy (non-hydrogen) atoms. The second-order valence-electron chi connectivity index (χ2n) is 8.14. The first-order valence-electron chi connectivity index (χ1n) is 11.0. The Hall–Kier alpha value is -3.75. The molecule has 4 heterocycles. The molecule has 2 N–H and O–H groups in total. The van der Waals surface area contributed by atoms with Gasteiger partial charge in [-0.3, -0.25) is 15.1 Å². The molecule has 0 amide bonds. The van der Waals surface area contributed by atoms with E-state index in [-0.39, 0.29) is 6.73 Å². The van der Waals surface area contributed by atoms with Crippen molar-refractivity contribution in [3.05, 3.63) is 61.1 Å². The molecule has 3 aromatic heterocycles. The molecule has 8 heteroatoms. The van der Waals surface area contributed by atoms with E-state index < -0.39 is 0 Å². The van der Waals surface area contributed by atoms with Crippen LogP contribution in [0.5, 0.6) is 5.75 Å². The Morgan fingerprint density at radius 1 is 0.970 bits per heavy atom. The molecular weight excluding hydrogens is 414 g/mol. The summed E-state index contributed by atoms with van der Waals surface area (Å²) in [6, 6.07) is 14.1. The molecule has 0 atom stereocenters. The standard InChI is InChI=1S/C25H27N7O/c1-27-21-13-18(3-6-23(21)33-17-26)20-5-8-25-29-15-22(32(25)16-20)19-4-7-24(28-14-19)31-11-9-30(2)10-12-31/h3-8,13-16H,1,9-12,17,26H2,2H3. The van der Waals surface area contributed by atoms with Crippen LogP contribution in [0, 0.1) is 0 Å². The lowest BCUT2D eigenvalue weighted by Crippen LogP contribution is -2.44. The van der Waals surface area contributed by atoms with E-state index in [1.54, 1.807) is 0 Å². The summed E-state index contributed by atoms with van der Waals surface area (Å²) in [4.78, 5) is 18.1. The molecule has 168 valence electrons. The van der Waals surface area contributed by atoms with Crippen LogP contribution in [0.1, 0.15) is 0 Å². The van der Waals surface area contributed by atoms with E-state index >= 15 is 0 Å². The van der Waals surface area contributed by atoms with Gasteiger partial charge in [0.25, 0.3) is 0 Å².